The van der Waals surface area contributed by atoms with E-state index < -0.39 is 16.0 Å². The highest BCUT2D eigenvalue weighted by Gasteiger charge is 2.31. The third-order valence-electron chi connectivity index (χ3n) is 6.34. The lowest BCUT2D eigenvalue weighted by Gasteiger charge is -2.23. The predicted molar refractivity (Wildman–Crippen MR) is 140 cm³/mol. The fraction of sp³-hybridized carbons (Fsp3) is 0.407. The van der Waals surface area contributed by atoms with Crippen molar-refractivity contribution in [1.82, 2.24) is 9.29 Å². The number of carbonyl (C=O) groups excluding carboxylic acids is 1. The normalized spacial score (nSPS) is 15.3. The number of ether oxygens (including phenoxy) is 2. The summed E-state index contributed by atoms with van der Waals surface area (Å²) in [4.78, 5) is 16.3. The van der Waals surface area contributed by atoms with Gasteiger partial charge in [-0.05, 0) is 66.5 Å². The lowest BCUT2D eigenvalue weighted by atomic mass is 9.98. The third-order valence-corrected chi connectivity index (χ3v) is 9.19. The summed E-state index contributed by atoms with van der Waals surface area (Å²) in [6.07, 6.45) is 11.9. The highest BCUT2D eigenvalue weighted by molar-refractivity contribution is 7.89. The highest BCUT2D eigenvalue weighted by Crippen LogP contribution is 2.29. The van der Waals surface area contributed by atoms with Crippen molar-refractivity contribution in [2.45, 2.75) is 69.0 Å². The zero-order chi connectivity index (χ0) is 25.4. The number of nitrogens with zero attached hydrogens (tertiary/aromatic N) is 2. The van der Waals surface area contributed by atoms with Gasteiger partial charge >= 0.3 is 5.97 Å². The Labute approximate surface area is 217 Å². The molecule has 4 rings (SSSR count). The van der Waals surface area contributed by atoms with Crippen molar-refractivity contribution in [3.8, 4) is 5.75 Å². The SMILES string of the molecule is COC(=O)c1sccc1S(=O)(=O)N(Cc1ccc(OC2CCCCCCC2)cc1)Cc1cccnc1. The molecular formula is C27H32N2O5S2. The van der Waals surface area contributed by atoms with Crippen molar-refractivity contribution >= 4 is 27.3 Å². The number of thiophene rings is 1. The summed E-state index contributed by atoms with van der Waals surface area (Å²) in [5.74, 6) is 0.137. The van der Waals surface area contributed by atoms with Gasteiger partial charge in [-0.15, -0.1) is 11.3 Å². The molecule has 0 radical (unpaired) electrons. The van der Waals surface area contributed by atoms with Gasteiger partial charge in [0.15, 0.2) is 0 Å². The number of rotatable bonds is 9. The van der Waals surface area contributed by atoms with Crippen molar-refractivity contribution in [2.75, 3.05) is 7.11 Å². The molecule has 2 aromatic heterocycles. The molecule has 2 heterocycles. The molecule has 7 nitrogen and oxygen atoms in total. The molecule has 0 bridgehead atoms. The second-order valence-electron chi connectivity index (χ2n) is 8.97. The summed E-state index contributed by atoms with van der Waals surface area (Å²) in [6, 6.07) is 12.7. The van der Waals surface area contributed by atoms with Crippen LogP contribution in [0.2, 0.25) is 0 Å². The van der Waals surface area contributed by atoms with Gasteiger partial charge in [0.1, 0.15) is 15.5 Å². The Hall–Kier alpha value is -2.75. The lowest BCUT2D eigenvalue weighted by Crippen LogP contribution is -2.31. The van der Waals surface area contributed by atoms with E-state index in [2.05, 4.69) is 4.98 Å². The molecule has 0 amide bonds. The largest absolute Gasteiger partial charge is 0.490 e. The summed E-state index contributed by atoms with van der Waals surface area (Å²) < 4.78 is 39.8. The number of esters is 1. The van der Waals surface area contributed by atoms with Crippen LogP contribution < -0.4 is 4.74 Å². The molecule has 192 valence electrons. The standard InChI is InChI=1S/C27H32N2O5S2/c1-33-27(30)26-25(15-17-35-26)36(31,32)29(20-22-8-7-16-28-18-22)19-21-11-13-24(14-12-21)34-23-9-5-3-2-4-6-10-23/h7-8,11-18,23H,2-6,9-10,19-20H2,1H3. The number of carbonyl (C=O) groups is 1. The average molecular weight is 529 g/mol. The minimum atomic E-state index is -4.00. The van der Waals surface area contributed by atoms with Crippen molar-refractivity contribution in [3.05, 3.63) is 76.2 Å². The van der Waals surface area contributed by atoms with Crippen molar-refractivity contribution < 1.29 is 22.7 Å². The van der Waals surface area contributed by atoms with E-state index in [1.807, 2.05) is 30.3 Å². The predicted octanol–water partition coefficient (Wildman–Crippen LogP) is 5.81. The molecule has 1 saturated carbocycles. The van der Waals surface area contributed by atoms with Crippen LogP contribution in [0.5, 0.6) is 5.75 Å². The molecule has 1 aromatic carbocycles. The van der Waals surface area contributed by atoms with Crippen LogP contribution in [0.1, 0.15) is 65.7 Å². The summed E-state index contributed by atoms with van der Waals surface area (Å²) in [5, 5.41) is 1.59. The van der Waals surface area contributed by atoms with Gasteiger partial charge in [-0.1, -0.05) is 37.5 Å². The Morgan fingerprint density at radius 3 is 2.36 bits per heavy atom. The molecule has 0 saturated heterocycles. The number of sulfonamides is 1. The minimum absolute atomic E-state index is 0.0486. The molecule has 9 heteroatoms. The first-order valence-electron chi connectivity index (χ1n) is 12.3. The fourth-order valence-corrected chi connectivity index (χ4v) is 7.13. The number of benzene rings is 1. The molecule has 1 aliphatic rings. The highest BCUT2D eigenvalue weighted by atomic mass is 32.2. The van der Waals surface area contributed by atoms with Crippen LogP contribution in [0.3, 0.4) is 0 Å². The fourth-order valence-electron chi connectivity index (χ4n) is 4.41. The summed E-state index contributed by atoms with van der Waals surface area (Å²) in [6.45, 7) is 0.254. The second kappa shape index (κ2) is 12.5. The topological polar surface area (TPSA) is 85.8 Å². The Morgan fingerprint density at radius 2 is 1.69 bits per heavy atom. The molecule has 1 fully saturated rings. The van der Waals surface area contributed by atoms with Crippen molar-refractivity contribution in [1.29, 1.82) is 0 Å². The molecule has 0 atom stereocenters. The van der Waals surface area contributed by atoms with Crippen LogP contribution in [-0.2, 0) is 27.8 Å². The zero-order valence-electron chi connectivity index (χ0n) is 20.5. The molecule has 1 aliphatic carbocycles. The Balaban J connectivity index is 1.55. The van der Waals surface area contributed by atoms with E-state index in [0.717, 1.165) is 41.1 Å². The monoisotopic (exact) mass is 528 g/mol. The van der Waals surface area contributed by atoms with Gasteiger partial charge in [0.05, 0.1) is 13.2 Å². The second-order valence-corrected chi connectivity index (χ2v) is 11.8. The van der Waals surface area contributed by atoms with E-state index in [9.17, 15) is 13.2 Å². The first-order valence-corrected chi connectivity index (χ1v) is 14.6. The lowest BCUT2D eigenvalue weighted by molar-refractivity contribution is 0.0602. The quantitative estimate of drug-likeness (QED) is 0.326. The van der Waals surface area contributed by atoms with Gasteiger partial charge in [-0.3, -0.25) is 4.98 Å². The van der Waals surface area contributed by atoms with Gasteiger partial charge in [-0.2, -0.15) is 4.31 Å². The van der Waals surface area contributed by atoms with Crippen LogP contribution in [0.4, 0.5) is 0 Å². The van der Waals surface area contributed by atoms with E-state index in [1.54, 1.807) is 23.8 Å². The molecule has 0 aliphatic heterocycles. The maximum absolute atomic E-state index is 13.7. The molecular weight excluding hydrogens is 496 g/mol. The van der Waals surface area contributed by atoms with Crippen LogP contribution in [0, 0.1) is 0 Å². The molecule has 3 aromatic rings. The van der Waals surface area contributed by atoms with Crippen LogP contribution in [-0.4, -0.2) is 36.9 Å². The van der Waals surface area contributed by atoms with Crippen LogP contribution >= 0.6 is 11.3 Å². The number of hydrogen-bond donors (Lipinski definition) is 0. The minimum Gasteiger partial charge on any atom is -0.490 e. The van der Waals surface area contributed by atoms with E-state index in [-0.39, 0.29) is 29.0 Å². The van der Waals surface area contributed by atoms with E-state index >= 15 is 0 Å². The van der Waals surface area contributed by atoms with E-state index in [0.29, 0.717) is 0 Å². The maximum Gasteiger partial charge on any atom is 0.349 e. The van der Waals surface area contributed by atoms with E-state index in [4.69, 9.17) is 9.47 Å². The van der Waals surface area contributed by atoms with Gasteiger partial charge in [0, 0.05) is 25.5 Å². The Bertz CT molecular complexity index is 1220. The number of methoxy groups -OCH3 is 1. The zero-order valence-corrected chi connectivity index (χ0v) is 22.1. The van der Waals surface area contributed by atoms with E-state index in [1.165, 1.54) is 49.6 Å². The number of hydrogen-bond acceptors (Lipinski definition) is 7. The number of aromatic nitrogens is 1. The van der Waals surface area contributed by atoms with Gasteiger partial charge in [-0.25, -0.2) is 13.2 Å². The van der Waals surface area contributed by atoms with Gasteiger partial charge < -0.3 is 9.47 Å². The first-order chi connectivity index (χ1) is 17.5. The average Bonchev–Trinajstić information content (AvgIpc) is 3.37. The summed E-state index contributed by atoms with van der Waals surface area (Å²) in [5.41, 5.74) is 1.57. The smallest absolute Gasteiger partial charge is 0.349 e. The number of pyridine rings is 1. The molecule has 36 heavy (non-hydrogen) atoms. The summed E-state index contributed by atoms with van der Waals surface area (Å²) >= 11 is 1.05. The third kappa shape index (κ3) is 6.72. The van der Waals surface area contributed by atoms with Gasteiger partial charge in [0.2, 0.25) is 10.0 Å². The van der Waals surface area contributed by atoms with Crippen LogP contribution in [0.15, 0.2) is 65.1 Å². The Morgan fingerprint density at radius 1 is 1.00 bits per heavy atom. The molecule has 0 spiro atoms. The first kappa shape index (κ1) is 26.3. The molecule has 0 N–H and O–H groups in total. The van der Waals surface area contributed by atoms with Crippen molar-refractivity contribution in [3.63, 3.8) is 0 Å². The van der Waals surface area contributed by atoms with Crippen LogP contribution in [0.25, 0.3) is 0 Å². The maximum atomic E-state index is 13.7. The Kier molecular flexibility index (Phi) is 9.12. The summed E-state index contributed by atoms with van der Waals surface area (Å²) in [7, 11) is -2.75. The molecule has 0 unspecified atom stereocenters. The van der Waals surface area contributed by atoms with Crippen molar-refractivity contribution in [2.24, 2.45) is 0 Å². The van der Waals surface area contributed by atoms with Gasteiger partial charge in [0.25, 0.3) is 0 Å².